The molecule has 0 saturated heterocycles. The summed E-state index contributed by atoms with van der Waals surface area (Å²) in [7, 11) is 1.60. The molecular formula is C18H27NO6. The quantitative estimate of drug-likeness (QED) is 0.454. The van der Waals surface area contributed by atoms with Crippen LogP contribution in [0.4, 0.5) is 0 Å². The Morgan fingerprint density at radius 2 is 1.76 bits per heavy atom. The van der Waals surface area contributed by atoms with Gasteiger partial charge < -0.3 is 24.2 Å². The van der Waals surface area contributed by atoms with Crippen LogP contribution in [0.1, 0.15) is 26.2 Å². The van der Waals surface area contributed by atoms with Gasteiger partial charge in [0.05, 0.1) is 33.4 Å². The molecule has 1 aromatic carbocycles. The second kappa shape index (κ2) is 12.1. The van der Waals surface area contributed by atoms with Gasteiger partial charge in [-0.25, -0.2) is 0 Å². The molecule has 0 unspecified atom stereocenters. The number of hydrogen-bond acceptors (Lipinski definition) is 6. The molecule has 0 aliphatic rings. The Morgan fingerprint density at radius 1 is 1.08 bits per heavy atom. The summed E-state index contributed by atoms with van der Waals surface area (Å²) in [5, 5.41) is 9.07. The first-order valence-corrected chi connectivity index (χ1v) is 8.41. The number of nitrogens with zero attached hydrogens (tertiary/aromatic N) is 1. The Labute approximate surface area is 148 Å². The summed E-state index contributed by atoms with van der Waals surface area (Å²) in [6.07, 6.45) is 0.965. The molecule has 1 aromatic rings. The summed E-state index contributed by atoms with van der Waals surface area (Å²) in [4.78, 5) is 25.1. The maximum absolute atomic E-state index is 12.2. The van der Waals surface area contributed by atoms with Crippen molar-refractivity contribution in [3.8, 4) is 11.5 Å². The zero-order valence-electron chi connectivity index (χ0n) is 14.9. The molecule has 0 saturated carbocycles. The van der Waals surface area contributed by atoms with Crippen LogP contribution in [-0.2, 0) is 14.3 Å². The fraction of sp³-hybridized carbons (Fsp3) is 0.556. The average molecular weight is 353 g/mol. The molecule has 25 heavy (non-hydrogen) atoms. The van der Waals surface area contributed by atoms with Gasteiger partial charge in [-0.05, 0) is 37.6 Å². The van der Waals surface area contributed by atoms with Crippen LogP contribution in [0.5, 0.6) is 11.5 Å². The number of esters is 1. The molecule has 0 fully saturated rings. The van der Waals surface area contributed by atoms with E-state index in [1.54, 1.807) is 38.3 Å². The summed E-state index contributed by atoms with van der Waals surface area (Å²) >= 11 is 0. The molecule has 140 valence electrons. The van der Waals surface area contributed by atoms with Crippen molar-refractivity contribution in [2.75, 3.05) is 40.0 Å². The van der Waals surface area contributed by atoms with E-state index in [2.05, 4.69) is 0 Å². The van der Waals surface area contributed by atoms with E-state index in [0.29, 0.717) is 31.8 Å². The number of benzene rings is 1. The predicted octanol–water partition coefficient (Wildman–Crippen LogP) is 1.63. The third kappa shape index (κ3) is 8.39. The van der Waals surface area contributed by atoms with Crippen LogP contribution in [0.2, 0.25) is 0 Å². The molecule has 1 amide bonds. The van der Waals surface area contributed by atoms with E-state index >= 15 is 0 Å². The molecule has 0 heterocycles. The Bertz CT molecular complexity index is 517. The van der Waals surface area contributed by atoms with Gasteiger partial charge in [0.2, 0.25) is 5.91 Å². The summed E-state index contributed by atoms with van der Waals surface area (Å²) in [6, 6.07) is 7.22. The second-order valence-corrected chi connectivity index (χ2v) is 5.29. The largest absolute Gasteiger partial charge is 0.497 e. The first-order chi connectivity index (χ1) is 12.1. The minimum Gasteiger partial charge on any atom is -0.497 e. The highest BCUT2D eigenvalue weighted by atomic mass is 16.5. The number of hydrogen-bond donors (Lipinski definition) is 1. The van der Waals surface area contributed by atoms with Crippen molar-refractivity contribution in [3.05, 3.63) is 24.3 Å². The van der Waals surface area contributed by atoms with E-state index in [1.165, 1.54) is 4.90 Å². The molecule has 0 radical (unpaired) electrons. The van der Waals surface area contributed by atoms with Gasteiger partial charge >= 0.3 is 5.97 Å². The lowest BCUT2D eigenvalue weighted by atomic mass is 10.2. The van der Waals surface area contributed by atoms with Gasteiger partial charge in [-0.2, -0.15) is 0 Å². The van der Waals surface area contributed by atoms with Crippen molar-refractivity contribution < 1.29 is 28.9 Å². The van der Waals surface area contributed by atoms with Crippen molar-refractivity contribution in [1.29, 1.82) is 0 Å². The molecule has 0 aliphatic carbocycles. The molecule has 0 spiro atoms. The maximum atomic E-state index is 12.2. The van der Waals surface area contributed by atoms with E-state index in [1.807, 2.05) is 0 Å². The second-order valence-electron chi connectivity index (χ2n) is 5.29. The molecular weight excluding hydrogens is 326 g/mol. The number of aliphatic hydroxyl groups excluding tert-OH is 1. The minimum atomic E-state index is -0.346. The zero-order chi connectivity index (χ0) is 18.5. The van der Waals surface area contributed by atoms with Crippen LogP contribution in [-0.4, -0.2) is 61.9 Å². The smallest absolute Gasteiger partial charge is 0.307 e. The van der Waals surface area contributed by atoms with Crippen LogP contribution in [0, 0.1) is 0 Å². The van der Waals surface area contributed by atoms with E-state index in [4.69, 9.17) is 19.3 Å². The Balaban J connectivity index is 2.31. The number of carbonyl (C=O) groups excluding carboxylic acids is 2. The molecule has 0 bridgehead atoms. The highest BCUT2D eigenvalue weighted by molar-refractivity contribution is 5.77. The van der Waals surface area contributed by atoms with E-state index < -0.39 is 0 Å². The van der Waals surface area contributed by atoms with Crippen LogP contribution in [0.25, 0.3) is 0 Å². The van der Waals surface area contributed by atoms with Crippen molar-refractivity contribution >= 4 is 11.9 Å². The first-order valence-electron chi connectivity index (χ1n) is 8.41. The van der Waals surface area contributed by atoms with Crippen LogP contribution in [0.3, 0.4) is 0 Å². The molecule has 0 aromatic heterocycles. The van der Waals surface area contributed by atoms with Gasteiger partial charge in [-0.15, -0.1) is 0 Å². The predicted molar refractivity (Wildman–Crippen MR) is 92.6 cm³/mol. The van der Waals surface area contributed by atoms with Gasteiger partial charge in [-0.3, -0.25) is 9.59 Å². The number of amides is 1. The highest BCUT2D eigenvalue weighted by Gasteiger charge is 2.14. The summed E-state index contributed by atoms with van der Waals surface area (Å²) in [5.74, 6) is 1.00. The van der Waals surface area contributed by atoms with Crippen molar-refractivity contribution in [1.82, 2.24) is 4.90 Å². The van der Waals surface area contributed by atoms with Crippen molar-refractivity contribution in [2.24, 2.45) is 0 Å². The zero-order valence-corrected chi connectivity index (χ0v) is 14.9. The van der Waals surface area contributed by atoms with Crippen LogP contribution >= 0.6 is 0 Å². The van der Waals surface area contributed by atoms with E-state index in [9.17, 15) is 9.59 Å². The monoisotopic (exact) mass is 353 g/mol. The molecule has 7 heteroatoms. The maximum Gasteiger partial charge on any atom is 0.307 e. The van der Waals surface area contributed by atoms with Gasteiger partial charge in [0.25, 0.3) is 0 Å². The molecule has 0 aliphatic heterocycles. The third-order valence-electron chi connectivity index (χ3n) is 3.48. The molecule has 0 atom stereocenters. The SMILES string of the molecule is CCOC(=O)CCN(CCO)C(=O)CCCOc1ccc(OC)cc1. The summed E-state index contributed by atoms with van der Waals surface area (Å²) in [6.45, 7) is 2.77. The fourth-order valence-corrected chi connectivity index (χ4v) is 2.18. The third-order valence-corrected chi connectivity index (χ3v) is 3.48. The lowest BCUT2D eigenvalue weighted by Gasteiger charge is -2.21. The molecule has 1 rings (SSSR count). The van der Waals surface area contributed by atoms with Gasteiger partial charge in [0.1, 0.15) is 11.5 Å². The number of carbonyl (C=O) groups is 2. The molecule has 1 N–H and O–H groups in total. The van der Waals surface area contributed by atoms with Crippen LogP contribution < -0.4 is 9.47 Å². The lowest BCUT2D eigenvalue weighted by Crippen LogP contribution is -2.35. The van der Waals surface area contributed by atoms with Gasteiger partial charge in [0.15, 0.2) is 0 Å². The number of rotatable bonds is 12. The summed E-state index contributed by atoms with van der Waals surface area (Å²) < 4.78 is 15.5. The van der Waals surface area contributed by atoms with E-state index in [-0.39, 0.29) is 38.0 Å². The Morgan fingerprint density at radius 3 is 2.36 bits per heavy atom. The number of methoxy groups -OCH3 is 1. The van der Waals surface area contributed by atoms with E-state index in [0.717, 1.165) is 5.75 Å². The van der Waals surface area contributed by atoms with Crippen molar-refractivity contribution in [2.45, 2.75) is 26.2 Å². The lowest BCUT2D eigenvalue weighted by molar-refractivity contribution is -0.144. The topological polar surface area (TPSA) is 85.3 Å². The Hall–Kier alpha value is -2.28. The van der Waals surface area contributed by atoms with Crippen LogP contribution in [0.15, 0.2) is 24.3 Å². The summed E-state index contributed by atoms with van der Waals surface area (Å²) in [5.41, 5.74) is 0. The fourth-order valence-electron chi connectivity index (χ4n) is 2.18. The van der Waals surface area contributed by atoms with Gasteiger partial charge in [0, 0.05) is 19.5 Å². The van der Waals surface area contributed by atoms with Gasteiger partial charge in [-0.1, -0.05) is 0 Å². The molecule has 7 nitrogen and oxygen atoms in total. The highest BCUT2D eigenvalue weighted by Crippen LogP contribution is 2.17. The first kappa shape index (κ1) is 20.8. The normalized spacial score (nSPS) is 10.2. The number of aliphatic hydroxyl groups is 1. The Kier molecular flexibility index (Phi) is 10.1. The number of ether oxygens (including phenoxy) is 3. The van der Waals surface area contributed by atoms with Crippen molar-refractivity contribution in [3.63, 3.8) is 0 Å². The average Bonchev–Trinajstić information content (AvgIpc) is 2.62. The standard InChI is InChI=1S/C18H27NO6/c1-3-24-18(22)10-11-19(12-13-20)17(21)5-4-14-25-16-8-6-15(23-2)7-9-16/h6-9,20H,3-5,10-14H2,1-2H3. The minimum absolute atomic E-state index is 0.114.